The summed E-state index contributed by atoms with van der Waals surface area (Å²) in [6.07, 6.45) is 0.993. The van der Waals surface area contributed by atoms with Crippen LogP contribution in [-0.2, 0) is 0 Å². The fraction of sp³-hybridized carbons (Fsp3) is 0.500. The summed E-state index contributed by atoms with van der Waals surface area (Å²) in [6.45, 7) is 15.9. The summed E-state index contributed by atoms with van der Waals surface area (Å²) in [5.41, 5.74) is 3.35. The monoisotopic (exact) mass is 353 g/mol. The molecule has 0 aliphatic carbocycles. The third-order valence-electron chi connectivity index (χ3n) is 6.22. The molecule has 1 atom stereocenters. The van der Waals surface area contributed by atoms with Gasteiger partial charge < -0.3 is 9.59 Å². The van der Waals surface area contributed by atoms with Crippen molar-refractivity contribution in [3.05, 3.63) is 65.2 Å². The molecule has 0 heterocycles. The first-order valence-corrected chi connectivity index (χ1v) is 10.0. The maximum Gasteiger partial charge on any atom is 0.0835 e. The summed E-state index contributed by atoms with van der Waals surface area (Å²) in [4.78, 5) is 0. The lowest BCUT2D eigenvalue weighted by Crippen LogP contribution is -2.58. The minimum atomic E-state index is 0.158. The number of aryl methyl sites for hydroxylation is 1. The summed E-state index contributed by atoms with van der Waals surface area (Å²) in [5.74, 6) is 0.318. The minimum absolute atomic E-state index is 0.158. The maximum absolute atomic E-state index is 12.6. The predicted molar refractivity (Wildman–Crippen MR) is 109 cm³/mol. The molecule has 2 heteroatoms. The molecule has 0 aromatic heterocycles. The van der Waals surface area contributed by atoms with E-state index in [0.29, 0.717) is 12.1 Å². The fourth-order valence-electron chi connectivity index (χ4n) is 4.50. The van der Waals surface area contributed by atoms with Crippen LogP contribution in [0.15, 0.2) is 48.5 Å². The summed E-state index contributed by atoms with van der Waals surface area (Å²) in [6, 6.07) is 17.4. The molecule has 142 valence electrons. The molecule has 0 N–H and O–H groups in total. The molecule has 0 aliphatic heterocycles. The lowest BCUT2D eigenvalue weighted by Gasteiger charge is -2.46. The smallest absolute Gasteiger partial charge is 0.0835 e. The van der Waals surface area contributed by atoms with Crippen LogP contribution < -0.4 is 5.11 Å². The largest absolute Gasteiger partial charge is 0.872 e. The van der Waals surface area contributed by atoms with Crippen molar-refractivity contribution in [1.82, 2.24) is 0 Å². The zero-order chi connectivity index (χ0) is 19.3. The molecule has 26 heavy (non-hydrogen) atoms. The van der Waals surface area contributed by atoms with E-state index in [2.05, 4.69) is 71.9 Å². The van der Waals surface area contributed by atoms with Gasteiger partial charge in [-0.1, -0.05) is 54.1 Å². The molecular weight excluding hydrogens is 318 g/mol. The molecule has 2 nitrogen and oxygen atoms in total. The Morgan fingerprint density at radius 1 is 0.923 bits per heavy atom. The maximum atomic E-state index is 12.6. The van der Waals surface area contributed by atoms with Crippen LogP contribution in [-0.4, -0.2) is 29.7 Å². The Morgan fingerprint density at radius 2 is 1.54 bits per heavy atom. The highest BCUT2D eigenvalue weighted by molar-refractivity contribution is 5.42. The van der Waals surface area contributed by atoms with Crippen LogP contribution >= 0.6 is 0 Å². The van der Waals surface area contributed by atoms with E-state index in [9.17, 15) is 5.11 Å². The Morgan fingerprint density at radius 3 is 2.08 bits per heavy atom. The average molecular weight is 354 g/mol. The second kappa shape index (κ2) is 8.73. The average Bonchev–Trinajstić information content (AvgIpc) is 2.61. The normalized spacial score (nSPS) is 13.4. The van der Waals surface area contributed by atoms with Crippen molar-refractivity contribution in [1.29, 1.82) is 0 Å². The van der Waals surface area contributed by atoms with E-state index in [1.54, 1.807) is 6.07 Å². The van der Waals surface area contributed by atoms with Crippen LogP contribution in [0.5, 0.6) is 5.75 Å². The van der Waals surface area contributed by atoms with E-state index in [0.717, 1.165) is 35.1 Å². The van der Waals surface area contributed by atoms with Crippen LogP contribution in [0.25, 0.3) is 0 Å². The fourth-order valence-corrected chi connectivity index (χ4v) is 4.50. The molecule has 0 amide bonds. The highest BCUT2D eigenvalue weighted by Gasteiger charge is 2.33. The molecule has 2 rings (SSSR count). The molecular formula is C24H35NO. The molecule has 0 aliphatic rings. The molecule has 0 spiro atoms. The van der Waals surface area contributed by atoms with Crippen molar-refractivity contribution >= 4 is 0 Å². The van der Waals surface area contributed by atoms with Crippen molar-refractivity contribution in [2.24, 2.45) is 0 Å². The number of quaternary nitrogens is 1. The Hall–Kier alpha value is -1.80. The highest BCUT2D eigenvalue weighted by Crippen LogP contribution is 2.35. The number of hydrogen-bond donors (Lipinski definition) is 0. The van der Waals surface area contributed by atoms with Crippen LogP contribution in [0.2, 0.25) is 0 Å². The zero-order valence-corrected chi connectivity index (χ0v) is 17.3. The zero-order valence-electron chi connectivity index (χ0n) is 17.3. The number of rotatable bonds is 8. The van der Waals surface area contributed by atoms with E-state index >= 15 is 0 Å². The minimum Gasteiger partial charge on any atom is -0.872 e. The standard InChI is InChI=1S/C24H35NO/c1-7-25(18(2)3,19(4)5)16-15-22(21-11-9-8-10-12-21)23-17-20(6)13-14-24(23)26/h8-14,17-19,22H,7,15-16H2,1-6H3. The van der Waals surface area contributed by atoms with E-state index in [-0.39, 0.29) is 11.7 Å². The van der Waals surface area contributed by atoms with Crippen molar-refractivity contribution in [3.8, 4) is 5.75 Å². The lowest BCUT2D eigenvalue weighted by molar-refractivity contribution is -0.965. The molecule has 1 unspecified atom stereocenters. The van der Waals surface area contributed by atoms with Gasteiger partial charge in [0.25, 0.3) is 0 Å². The molecule has 0 radical (unpaired) electrons. The van der Waals surface area contributed by atoms with Gasteiger partial charge in [-0.3, -0.25) is 0 Å². The number of benzene rings is 2. The third kappa shape index (κ3) is 4.29. The van der Waals surface area contributed by atoms with Crippen molar-refractivity contribution in [2.45, 2.75) is 66.0 Å². The van der Waals surface area contributed by atoms with Gasteiger partial charge in [0, 0.05) is 12.3 Å². The van der Waals surface area contributed by atoms with Crippen LogP contribution in [0.1, 0.15) is 63.6 Å². The van der Waals surface area contributed by atoms with Gasteiger partial charge in [-0.05, 0) is 52.7 Å². The topological polar surface area (TPSA) is 23.1 Å². The van der Waals surface area contributed by atoms with E-state index in [1.165, 1.54) is 5.56 Å². The molecule has 2 aromatic rings. The molecule has 0 bridgehead atoms. The second-order valence-corrected chi connectivity index (χ2v) is 8.12. The van der Waals surface area contributed by atoms with Gasteiger partial charge in [0.2, 0.25) is 0 Å². The lowest BCUT2D eigenvalue weighted by atomic mass is 9.86. The predicted octanol–water partition coefficient (Wildman–Crippen LogP) is 5.24. The van der Waals surface area contributed by atoms with E-state index in [1.807, 2.05) is 12.1 Å². The first-order valence-electron chi connectivity index (χ1n) is 10.0. The van der Waals surface area contributed by atoms with Gasteiger partial charge in [0.05, 0.1) is 25.2 Å². The Labute approximate surface area is 160 Å². The summed E-state index contributed by atoms with van der Waals surface area (Å²) < 4.78 is 1.09. The Balaban J connectivity index is 2.41. The third-order valence-corrected chi connectivity index (χ3v) is 6.22. The van der Waals surface area contributed by atoms with Crippen molar-refractivity contribution < 1.29 is 9.59 Å². The summed E-state index contributed by atoms with van der Waals surface area (Å²) in [7, 11) is 0. The quantitative estimate of drug-likeness (QED) is 0.595. The van der Waals surface area contributed by atoms with E-state index < -0.39 is 0 Å². The SMILES string of the molecule is CC[N+](CCC(c1ccccc1)c1cc(C)ccc1[O-])(C(C)C)C(C)C. The van der Waals surface area contributed by atoms with Crippen molar-refractivity contribution in [2.75, 3.05) is 13.1 Å². The molecule has 0 saturated heterocycles. The van der Waals surface area contributed by atoms with Gasteiger partial charge >= 0.3 is 0 Å². The highest BCUT2D eigenvalue weighted by atomic mass is 16.3. The molecule has 0 saturated carbocycles. The first-order chi connectivity index (χ1) is 12.3. The number of hydrogen-bond acceptors (Lipinski definition) is 1. The van der Waals surface area contributed by atoms with Gasteiger partial charge in [-0.2, -0.15) is 0 Å². The van der Waals surface area contributed by atoms with Gasteiger partial charge in [0.1, 0.15) is 0 Å². The second-order valence-electron chi connectivity index (χ2n) is 8.12. The van der Waals surface area contributed by atoms with E-state index in [4.69, 9.17) is 0 Å². The molecule has 2 aromatic carbocycles. The van der Waals surface area contributed by atoms with Crippen LogP contribution in [0.3, 0.4) is 0 Å². The van der Waals surface area contributed by atoms with Gasteiger partial charge in [0.15, 0.2) is 0 Å². The van der Waals surface area contributed by atoms with Crippen LogP contribution in [0, 0.1) is 6.92 Å². The first kappa shape index (κ1) is 20.5. The van der Waals surface area contributed by atoms with Crippen LogP contribution in [0.4, 0.5) is 0 Å². The Bertz CT molecular complexity index is 683. The summed E-state index contributed by atoms with van der Waals surface area (Å²) in [5, 5.41) is 12.6. The van der Waals surface area contributed by atoms with Crippen molar-refractivity contribution in [3.63, 3.8) is 0 Å². The number of nitrogens with zero attached hydrogens (tertiary/aromatic N) is 1. The molecule has 0 fully saturated rings. The van der Waals surface area contributed by atoms with Gasteiger partial charge in [-0.25, -0.2) is 0 Å². The van der Waals surface area contributed by atoms with Gasteiger partial charge in [-0.15, -0.1) is 5.75 Å². The Kier molecular flexibility index (Phi) is 6.88. The summed E-state index contributed by atoms with van der Waals surface area (Å²) >= 11 is 0.